The third-order valence-corrected chi connectivity index (χ3v) is 2.96. The Morgan fingerprint density at radius 1 is 1.50 bits per heavy atom. The zero-order valence-electron chi connectivity index (χ0n) is 8.94. The number of likely N-dealkylation sites (N-methyl/N-ethyl adjacent to an activating group) is 1. The van der Waals surface area contributed by atoms with E-state index in [2.05, 4.69) is 48.8 Å². The summed E-state index contributed by atoms with van der Waals surface area (Å²) >= 11 is 3.47. The number of hydrogen-bond donors (Lipinski definition) is 2. The molecule has 84 valence electrons. The minimum atomic E-state index is 0.188. The molecule has 0 spiro atoms. The largest absolute Gasteiger partial charge is 0.311 e. The van der Waals surface area contributed by atoms with E-state index >= 15 is 0 Å². The van der Waals surface area contributed by atoms with Crippen molar-refractivity contribution in [2.75, 3.05) is 7.05 Å². The summed E-state index contributed by atoms with van der Waals surface area (Å²) in [7, 11) is 1.93. The van der Waals surface area contributed by atoms with E-state index in [0.717, 1.165) is 16.6 Å². The fourth-order valence-electron chi connectivity index (χ4n) is 1.63. The SMILES string of the molecule is CNC(Cc1cccc(Br)c1)c1cn[nH]n1. The number of hydrogen-bond acceptors (Lipinski definition) is 3. The lowest BCUT2D eigenvalue weighted by Crippen LogP contribution is -2.19. The Morgan fingerprint density at radius 2 is 2.38 bits per heavy atom. The van der Waals surface area contributed by atoms with Crippen LogP contribution in [0.3, 0.4) is 0 Å². The van der Waals surface area contributed by atoms with Crippen LogP contribution >= 0.6 is 15.9 Å². The highest BCUT2D eigenvalue weighted by molar-refractivity contribution is 9.10. The molecule has 0 radical (unpaired) electrons. The second-order valence-electron chi connectivity index (χ2n) is 3.57. The maximum Gasteiger partial charge on any atom is 0.0997 e. The van der Waals surface area contributed by atoms with Gasteiger partial charge in [0.25, 0.3) is 0 Å². The number of benzene rings is 1. The molecule has 0 amide bonds. The second kappa shape index (κ2) is 5.23. The van der Waals surface area contributed by atoms with Gasteiger partial charge in [-0.05, 0) is 31.2 Å². The van der Waals surface area contributed by atoms with Crippen molar-refractivity contribution in [1.82, 2.24) is 20.7 Å². The van der Waals surface area contributed by atoms with Gasteiger partial charge in [-0.1, -0.05) is 28.1 Å². The van der Waals surface area contributed by atoms with E-state index in [1.165, 1.54) is 5.56 Å². The van der Waals surface area contributed by atoms with Gasteiger partial charge in [0.1, 0.15) is 0 Å². The zero-order chi connectivity index (χ0) is 11.4. The van der Waals surface area contributed by atoms with E-state index in [4.69, 9.17) is 0 Å². The summed E-state index contributed by atoms with van der Waals surface area (Å²) in [6.45, 7) is 0. The normalized spacial score (nSPS) is 12.6. The van der Waals surface area contributed by atoms with Gasteiger partial charge in [0.2, 0.25) is 0 Å². The molecule has 1 aromatic heterocycles. The predicted molar refractivity (Wildman–Crippen MR) is 66.0 cm³/mol. The van der Waals surface area contributed by atoms with Crippen molar-refractivity contribution in [2.24, 2.45) is 0 Å². The van der Waals surface area contributed by atoms with E-state index in [1.807, 2.05) is 19.2 Å². The van der Waals surface area contributed by atoms with Gasteiger partial charge in [-0.25, -0.2) is 0 Å². The van der Waals surface area contributed by atoms with Crippen molar-refractivity contribution in [3.8, 4) is 0 Å². The van der Waals surface area contributed by atoms with Gasteiger partial charge >= 0.3 is 0 Å². The molecule has 0 aliphatic rings. The minimum Gasteiger partial charge on any atom is -0.311 e. The smallest absolute Gasteiger partial charge is 0.0997 e. The van der Waals surface area contributed by atoms with Crippen LogP contribution in [0, 0.1) is 0 Å². The number of aromatic nitrogens is 3. The molecule has 16 heavy (non-hydrogen) atoms. The van der Waals surface area contributed by atoms with Gasteiger partial charge in [-0.2, -0.15) is 15.4 Å². The van der Waals surface area contributed by atoms with Crippen LogP contribution in [-0.4, -0.2) is 22.5 Å². The summed E-state index contributed by atoms with van der Waals surface area (Å²) in [6, 6.07) is 8.47. The molecule has 4 nitrogen and oxygen atoms in total. The van der Waals surface area contributed by atoms with E-state index in [1.54, 1.807) is 6.20 Å². The van der Waals surface area contributed by atoms with Gasteiger partial charge in [0.05, 0.1) is 17.9 Å². The van der Waals surface area contributed by atoms with Crippen molar-refractivity contribution in [2.45, 2.75) is 12.5 Å². The predicted octanol–water partition coefficient (Wildman–Crippen LogP) is 2.07. The number of nitrogens with one attached hydrogen (secondary N) is 2. The summed E-state index contributed by atoms with van der Waals surface area (Å²) in [5, 5.41) is 13.8. The molecule has 0 bridgehead atoms. The Labute approximate surface area is 103 Å². The van der Waals surface area contributed by atoms with Gasteiger partial charge in [0.15, 0.2) is 0 Å². The highest BCUT2D eigenvalue weighted by atomic mass is 79.9. The standard InChI is InChI=1S/C11H13BrN4/c1-13-10(11-7-14-16-15-11)6-8-3-2-4-9(12)5-8/h2-5,7,10,13H,6H2,1H3,(H,14,15,16). The van der Waals surface area contributed by atoms with E-state index in [0.29, 0.717) is 0 Å². The maximum atomic E-state index is 4.10. The lowest BCUT2D eigenvalue weighted by molar-refractivity contribution is 0.574. The Hall–Kier alpha value is -1.20. The number of rotatable bonds is 4. The number of H-pyrrole nitrogens is 1. The maximum absolute atomic E-state index is 4.10. The first-order valence-electron chi connectivity index (χ1n) is 5.07. The summed E-state index contributed by atoms with van der Waals surface area (Å²) in [5.41, 5.74) is 2.19. The number of aromatic amines is 1. The molecule has 0 saturated heterocycles. The van der Waals surface area contributed by atoms with Crippen LogP contribution < -0.4 is 5.32 Å². The average Bonchev–Trinajstić information content (AvgIpc) is 2.79. The van der Waals surface area contributed by atoms with Crippen molar-refractivity contribution in [1.29, 1.82) is 0 Å². The highest BCUT2D eigenvalue weighted by Gasteiger charge is 2.12. The molecule has 1 heterocycles. The van der Waals surface area contributed by atoms with Crippen molar-refractivity contribution in [3.63, 3.8) is 0 Å². The fourth-order valence-corrected chi connectivity index (χ4v) is 2.08. The average molecular weight is 281 g/mol. The highest BCUT2D eigenvalue weighted by Crippen LogP contribution is 2.18. The Bertz CT molecular complexity index is 441. The zero-order valence-corrected chi connectivity index (χ0v) is 10.5. The van der Waals surface area contributed by atoms with Gasteiger partial charge in [-0.15, -0.1) is 0 Å². The minimum absolute atomic E-state index is 0.188. The molecule has 0 aliphatic carbocycles. The lowest BCUT2D eigenvalue weighted by atomic mass is 10.0. The van der Waals surface area contributed by atoms with Gasteiger partial charge in [-0.3, -0.25) is 0 Å². The Morgan fingerprint density at radius 3 is 3.00 bits per heavy atom. The summed E-state index contributed by atoms with van der Waals surface area (Å²) in [4.78, 5) is 0. The fraction of sp³-hybridized carbons (Fsp3) is 0.273. The topological polar surface area (TPSA) is 53.6 Å². The molecule has 1 aromatic carbocycles. The first kappa shape index (κ1) is 11.3. The molecule has 2 rings (SSSR count). The van der Waals surface area contributed by atoms with E-state index < -0.39 is 0 Å². The first-order valence-corrected chi connectivity index (χ1v) is 5.86. The van der Waals surface area contributed by atoms with E-state index in [9.17, 15) is 0 Å². The van der Waals surface area contributed by atoms with Crippen molar-refractivity contribution >= 4 is 15.9 Å². The molecule has 0 fully saturated rings. The van der Waals surface area contributed by atoms with Gasteiger partial charge in [0, 0.05) is 4.47 Å². The summed E-state index contributed by atoms with van der Waals surface area (Å²) in [6.07, 6.45) is 2.64. The Balaban J connectivity index is 2.13. The third kappa shape index (κ3) is 2.68. The summed E-state index contributed by atoms with van der Waals surface area (Å²) in [5.74, 6) is 0. The molecule has 1 unspecified atom stereocenters. The van der Waals surface area contributed by atoms with Gasteiger partial charge < -0.3 is 5.32 Å². The van der Waals surface area contributed by atoms with Crippen molar-refractivity contribution < 1.29 is 0 Å². The molecule has 0 saturated carbocycles. The van der Waals surface area contributed by atoms with Crippen LogP contribution in [0.25, 0.3) is 0 Å². The van der Waals surface area contributed by atoms with Crippen LogP contribution in [0.15, 0.2) is 34.9 Å². The third-order valence-electron chi connectivity index (χ3n) is 2.47. The number of nitrogens with zero attached hydrogens (tertiary/aromatic N) is 2. The second-order valence-corrected chi connectivity index (χ2v) is 4.49. The van der Waals surface area contributed by atoms with Crippen LogP contribution in [0.5, 0.6) is 0 Å². The molecular weight excluding hydrogens is 268 g/mol. The van der Waals surface area contributed by atoms with Crippen LogP contribution in [-0.2, 0) is 6.42 Å². The van der Waals surface area contributed by atoms with Crippen LogP contribution in [0.2, 0.25) is 0 Å². The molecule has 2 N–H and O–H groups in total. The Kier molecular flexibility index (Phi) is 3.69. The molecule has 5 heteroatoms. The molecule has 1 atom stereocenters. The molecular formula is C11H13BrN4. The molecule has 0 aliphatic heterocycles. The monoisotopic (exact) mass is 280 g/mol. The van der Waals surface area contributed by atoms with Crippen LogP contribution in [0.4, 0.5) is 0 Å². The van der Waals surface area contributed by atoms with Crippen molar-refractivity contribution in [3.05, 3.63) is 46.2 Å². The lowest BCUT2D eigenvalue weighted by Gasteiger charge is -2.13. The molecule has 2 aromatic rings. The van der Waals surface area contributed by atoms with E-state index in [-0.39, 0.29) is 6.04 Å². The first-order chi connectivity index (χ1) is 7.79. The summed E-state index contributed by atoms with van der Waals surface area (Å²) < 4.78 is 1.10. The number of halogens is 1. The quantitative estimate of drug-likeness (QED) is 0.902. The van der Waals surface area contributed by atoms with Crippen LogP contribution in [0.1, 0.15) is 17.3 Å².